The third-order valence-corrected chi connectivity index (χ3v) is 2.24. The first-order valence-electron chi connectivity index (χ1n) is 5.39. The van der Waals surface area contributed by atoms with Crippen LogP contribution in [0.3, 0.4) is 0 Å². The van der Waals surface area contributed by atoms with Gasteiger partial charge < -0.3 is 20.9 Å². The van der Waals surface area contributed by atoms with Crippen LogP contribution in [0.2, 0.25) is 0 Å². The highest BCUT2D eigenvalue weighted by atomic mass is 16.5. The Morgan fingerprint density at radius 3 is 2.94 bits per heavy atom. The molecule has 0 fully saturated rings. The summed E-state index contributed by atoms with van der Waals surface area (Å²) in [5.74, 6) is 1.05. The molecule has 0 spiro atoms. The fourth-order valence-corrected chi connectivity index (χ4v) is 1.36. The van der Waals surface area contributed by atoms with Crippen LogP contribution in [0, 0.1) is 0 Å². The summed E-state index contributed by atoms with van der Waals surface area (Å²) in [6, 6.07) is 3.42. The van der Waals surface area contributed by atoms with E-state index in [9.17, 15) is 5.11 Å². The van der Waals surface area contributed by atoms with E-state index in [4.69, 9.17) is 10.5 Å². The number of pyridine rings is 1. The third-order valence-electron chi connectivity index (χ3n) is 2.24. The first kappa shape index (κ1) is 12.6. The molecule has 0 aliphatic heterocycles. The van der Waals surface area contributed by atoms with E-state index in [1.807, 2.05) is 6.92 Å². The van der Waals surface area contributed by atoms with Gasteiger partial charge in [-0.1, -0.05) is 13.3 Å². The van der Waals surface area contributed by atoms with Gasteiger partial charge in [0.05, 0.1) is 18.9 Å². The molecule has 0 bridgehead atoms. The van der Waals surface area contributed by atoms with E-state index >= 15 is 0 Å². The van der Waals surface area contributed by atoms with E-state index in [1.165, 1.54) is 0 Å². The minimum absolute atomic E-state index is 0.377. The monoisotopic (exact) mass is 225 g/mol. The molecule has 0 aliphatic carbocycles. The van der Waals surface area contributed by atoms with Crippen molar-refractivity contribution in [3.63, 3.8) is 0 Å². The number of aliphatic hydroxyl groups is 1. The average Bonchev–Trinajstić information content (AvgIpc) is 2.28. The molecule has 16 heavy (non-hydrogen) atoms. The predicted octanol–water partition coefficient (Wildman–Crippen LogP) is 1.25. The van der Waals surface area contributed by atoms with Crippen LogP contribution >= 0.6 is 0 Å². The van der Waals surface area contributed by atoms with E-state index in [1.54, 1.807) is 19.2 Å². The summed E-state index contributed by atoms with van der Waals surface area (Å²) in [6.07, 6.45) is 1.33. The van der Waals surface area contributed by atoms with Gasteiger partial charge in [0.25, 0.3) is 0 Å². The van der Waals surface area contributed by atoms with Crippen molar-refractivity contribution in [3.8, 4) is 5.88 Å². The Labute approximate surface area is 95.6 Å². The second-order valence-corrected chi connectivity index (χ2v) is 3.61. The molecule has 1 heterocycles. The molecule has 1 rings (SSSR count). The fraction of sp³-hybridized carbons (Fsp3) is 0.545. The van der Waals surface area contributed by atoms with Crippen LogP contribution in [0.1, 0.15) is 19.8 Å². The van der Waals surface area contributed by atoms with Gasteiger partial charge in [0, 0.05) is 12.6 Å². The van der Waals surface area contributed by atoms with Crippen molar-refractivity contribution in [2.24, 2.45) is 0 Å². The van der Waals surface area contributed by atoms with Gasteiger partial charge in [0.2, 0.25) is 5.88 Å². The molecule has 5 heteroatoms. The Balaban J connectivity index is 2.58. The SMILES string of the molecule is CCCC(O)CNc1nc(OC)ccc1N. The Morgan fingerprint density at radius 1 is 1.56 bits per heavy atom. The summed E-state index contributed by atoms with van der Waals surface area (Å²) in [5, 5.41) is 12.6. The second-order valence-electron chi connectivity index (χ2n) is 3.61. The Morgan fingerprint density at radius 2 is 2.31 bits per heavy atom. The van der Waals surface area contributed by atoms with Crippen molar-refractivity contribution in [3.05, 3.63) is 12.1 Å². The number of nitrogen functional groups attached to an aromatic ring is 1. The summed E-state index contributed by atoms with van der Waals surface area (Å²) in [5.41, 5.74) is 6.29. The molecule has 1 unspecified atom stereocenters. The van der Waals surface area contributed by atoms with Crippen LogP contribution < -0.4 is 15.8 Å². The number of ether oxygens (including phenoxy) is 1. The molecule has 0 aliphatic rings. The molecule has 1 atom stereocenters. The van der Waals surface area contributed by atoms with E-state index in [0.29, 0.717) is 23.9 Å². The van der Waals surface area contributed by atoms with Crippen LogP contribution in [0.25, 0.3) is 0 Å². The topological polar surface area (TPSA) is 80.4 Å². The minimum Gasteiger partial charge on any atom is -0.481 e. The lowest BCUT2D eigenvalue weighted by atomic mass is 10.2. The van der Waals surface area contributed by atoms with E-state index in [0.717, 1.165) is 12.8 Å². The van der Waals surface area contributed by atoms with Gasteiger partial charge in [0.1, 0.15) is 0 Å². The van der Waals surface area contributed by atoms with Crippen LogP contribution in [-0.2, 0) is 0 Å². The Bertz CT molecular complexity index is 331. The second kappa shape index (κ2) is 6.17. The average molecular weight is 225 g/mol. The normalized spacial score (nSPS) is 12.2. The van der Waals surface area contributed by atoms with Crippen molar-refractivity contribution in [1.82, 2.24) is 4.98 Å². The number of rotatable bonds is 6. The largest absolute Gasteiger partial charge is 0.481 e. The van der Waals surface area contributed by atoms with Crippen LogP contribution in [0.4, 0.5) is 11.5 Å². The molecule has 1 aromatic rings. The zero-order valence-corrected chi connectivity index (χ0v) is 9.73. The number of nitrogens with two attached hydrogens (primary N) is 1. The molecule has 0 amide bonds. The Kier molecular flexibility index (Phi) is 4.85. The van der Waals surface area contributed by atoms with E-state index in [-0.39, 0.29) is 6.10 Å². The predicted molar refractivity (Wildman–Crippen MR) is 64.6 cm³/mol. The van der Waals surface area contributed by atoms with Gasteiger partial charge in [-0.25, -0.2) is 0 Å². The smallest absolute Gasteiger partial charge is 0.215 e. The maximum absolute atomic E-state index is 9.57. The van der Waals surface area contributed by atoms with Crippen molar-refractivity contribution >= 4 is 11.5 Å². The molecule has 90 valence electrons. The van der Waals surface area contributed by atoms with Gasteiger partial charge in [-0.3, -0.25) is 0 Å². The molecular formula is C11H19N3O2. The summed E-state index contributed by atoms with van der Waals surface area (Å²) in [4.78, 5) is 4.15. The summed E-state index contributed by atoms with van der Waals surface area (Å²) in [6.45, 7) is 2.47. The van der Waals surface area contributed by atoms with Gasteiger partial charge >= 0.3 is 0 Å². The van der Waals surface area contributed by atoms with Gasteiger partial charge in [-0.2, -0.15) is 4.98 Å². The Hall–Kier alpha value is -1.49. The first-order valence-corrected chi connectivity index (χ1v) is 5.39. The zero-order valence-electron chi connectivity index (χ0n) is 9.73. The van der Waals surface area contributed by atoms with Crippen molar-refractivity contribution in [1.29, 1.82) is 0 Å². The number of anilines is 2. The number of hydrogen-bond acceptors (Lipinski definition) is 5. The van der Waals surface area contributed by atoms with Crippen molar-refractivity contribution < 1.29 is 9.84 Å². The summed E-state index contributed by atoms with van der Waals surface area (Å²) >= 11 is 0. The van der Waals surface area contributed by atoms with Gasteiger partial charge in [-0.05, 0) is 12.5 Å². The number of aliphatic hydroxyl groups excluding tert-OH is 1. The number of methoxy groups -OCH3 is 1. The van der Waals surface area contributed by atoms with E-state index < -0.39 is 0 Å². The maximum Gasteiger partial charge on any atom is 0.215 e. The van der Waals surface area contributed by atoms with Crippen molar-refractivity contribution in [2.75, 3.05) is 24.7 Å². The minimum atomic E-state index is -0.377. The molecule has 1 aromatic heterocycles. The highest BCUT2D eigenvalue weighted by Crippen LogP contribution is 2.19. The number of nitrogens with one attached hydrogen (secondary N) is 1. The molecule has 5 nitrogen and oxygen atoms in total. The van der Waals surface area contributed by atoms with Crippen LogP contribution in [0.15, 0.2) is 12.1 Å². The number of aromatic nitrogens is 1. The molecular weight excluding hydrogens is 206 g/mol. The summed E-state index contributed by atoms with van der Waals surface area (Å²) < 4.78 is 4.99. The maximum atomic E-state index is 9.57. The van der Waals surface area contributed by atoms with Gasteiger partial charge in [0.15, 0.2) is 5.82 Å². The number of nitrogens with zero attached hydrogens (tertiary/aromatic N) is 1. The molecule has 0 saturated heterocycles. The quantitative estimate of drug-likeness (QED) is 0.679. The summed E-state index contributed by atoms with van der Waals surface area (Å²) in [7, 11) is 1.55. The zero-order chi connectivity index (χ0) is 12.0. The van der Waals surface area contributed by atoms with E-state index in [2.05, 4.69) is 10.3 Å². The molecule has 4 N–H and O–H groups in total. The fourth-order valence-electron chi connectivity index (χ4n) is 1.36. The standard InChI is InChI=1S/C11H19N3O2/c1-3-4-8(15)7-13-11-9(12)5-6-10(14-11)16-2/h5-6,8,15H,3-4,7,12H2,1-2H3,(H,13,14). The molecule has 0 radical (unpaired) electrons. The van der Waals surface area contributed by atoms with Crippen molar-refractivity contribution in [2.45, 2.75) is 25.9 Å². The molecule has 0 aromatic carbocycles. The lowest BCUT2D eigenvalue weighted by molar-refractivity contribution is 0.176. The first-order chi connectivity index (χ1) is 7.67. The highest BCUT2D eigenvalue weighted by Gasteiger charge is 2.06. The van der Waals surface area contributed by atoms with Gasteiger partial charge in [-0.15, -0.1) is 0 Å². The lowest BCUT2D eigenvalue weighted by Crippen LogP contribution is -2.20. The van der Waals surface area contributed by atoms with Crippen LogP contribution in [0.5, 0.6) is 5.88 Å². The number of hydrogen-bond donors (Lipinski definition) is 3. The lowest BCUT2D eigenvalue weighted by Gasteiger charge is -2.13. The van der Waals surface area contributed by atoms with Crippen LogP contribution in [-0.4, -0.2) is 29.8 Å². The highest BCUT2D eigenvalue weighted by molar-refractivity contribution is 5.61. The molecule has 0 saturated carbocycles. The third kappa shape index (κ3) is 3.58.